The summed E-state index contributed by atoms with van der Waals surface area (Å²) in [5, 5.41) is 1.22. The minimum Gasteiger partial charge on any atom is -0.496 e. The van der Waals surface area contributed by atoms with E-state index in [4.69, 9.17) is 14.2 Å². The van der Waals surface area contributed by atoms with Crippen molar-refractivity contribution in [2.45, 2.75) is 13.8 Å². The molecule has 0 saturated carbocycles. The topological polar surface area (TPSA) is 61.8 Å². The first-order valence-electron chi connectivity index (χ1n) is 5.99. The molecule has 0 aliphatic rings. The van der Waals surface area contributed by atoms with Gasteiger partial charge in [0.05, 0.1) is 12.5 Å². The van der Waals surface area contributed by atoms with Gasteiger partial charge in [0, 0.05) is 19.2 Å². The lowest BCUT2D eigenvalue weighted by molar-refractivity contribution is -0.132. The van der Waals surface area contributed by atoms with Crippen molar-refractivity contribution in [1.29, 1.82) is 0 Å². The molecule has 0 saturated heterocycles. The zero-order valence-electron chi connectivity index (χ0n) is 11.4. The molecule has 0 amide bonds. The van der Waals surface area contributed by atoms with Crippen molar-refractivity contribution in [3.63, 3.8) is 0 Å². The van der Waals surface area contributed by atoms with Gasteiger partial charge in [-0.15, -0.1) is 0 Å². The number of carbonyl (C=O) groups is 2. The predicted molar refractivity (Wildman–Crippen MR) is 73.1 cm³/mol. The van der Waals surface area contributed by atoms with Crippen molar-refractivity contribution in [3.8, 4) is 17.2 Å². The van der Waals surface area contributed by atoms with Crippen LogP contribution < -0.4 is 14.2 Å². The highest BCUT2D eigenvalue weighted by molar-refractivity contribution is 5.99. The molecule has 0 bridgehead atoms. The first-order chi connectivity index (χ1) is 9.52. The van der Waals surface area contributed by atoms with Gasteiger partial charge in [0.15, 0.2) is 0 Å². The van der Waals surface area contributed by atoms with Crippen LogP contribution in [0.5, 0.6) is 17.2 Å². The molecule has 2 aromatic rings. The fraction of sp³-hybridized carbons (Fsp3) is 0.200. The summed E-state index contributed by atoms with van der Waals surface area (Å²) in [5.74, 6) is 0.350. The van der Waals surface area contributed by atoms with Gasteiger partial charge >= 0.3 is 11.9 Å². The van der Waals surface area contributed by atoms with E-state index in [2.05, 4.69) is 0 Å². The number of hydrogen-bond acceptors (Lipinski definition) is 5. The fourth-order valence-corrected chi connectivity index (χ4v) is 1.97. The highest BCUT2D eigenvalue weighted by Gasteiger charge is 2.15. The van der Waals surface area contributed by atoms with Gasteiger partial charge in [0.1, 0.15) is 17.2 Å². The summed E-state index contributed by atoms with van der Waals surface area (Å²) in [7, 11) is 1.54. The zero-order valence-corrected chi connectivity index (χ0v) is 11.4. The maximum absolute atomic E-state index is 11.2. The molecule has 0 spiro atoms. The lowest BCUT2D eigenvalue weighted by atomic mass is 10.1. The number of ether oxygens (including phenoxy) is 3. The van der Waals surface area contributed by atoms with E-state index < -0.39 is 11.9 Å². The van der Waals surface area contributed by atoms with E-state index in [1.165, 1.54) is 13.8 Å². The molecule has 2 rings (SSSR count). The molecule has 0 aromatic heterocycles. The molecule has 0 atom stereocenters. The third kappa shape index (κ3) is 2.71. The number of carbonyl (C=O) groups excluding carboxylic acids is 2. The van der Waals surface area contributed by atoms with Gasteiger partial charge in [-0.1, -0.05) is 12.1 Å². The lowest BCUT2D eigenvalue weighted by Crippen LogP contribution is -2.05. The van der Waals surface area contributed by atoms with Crippen LogP contribution in [0.2, 0.25) is 0 Å². The molecule has 5 heteroatoms. The molecule has 0 radical (unpaired) electrons. The number of methoxy groups -OCH3 is 1. The van der Waals surface area contributed by atoms with Crippen molar-refractivity contribution >= 4 is 22.7 Å². The summed E-state index contributed by atoms with van der Waals surface area (Å²) < 4.78 is 15.6. The minimum absolute atomic E-state index is 0.324. The Hall–Kier alpha value is -2.56. The Bertz CT molecular complexity index is 653. The molecule has 0 aliphatic carbocycles. The summed E-state index contributed by atoms with van der Waals surface area (Å²) in [6.45, 7) is 2.62. The summed E-state index contributed by atoms with van der Waals surface area (Å²) >= 11 is 0. The molecule has 2 aromatic carbocycles. The molecule has 0 heterocycles. The maximum Gasteiger partial charge on any atom is 0.308 e. The second kappa shape index (κ2) is 5.61. The Balaban J connectivity index is 2.73. The SMILES string of the molecule is COc1ccc(OC(C)=O)c2c(OC(C)=O)cccc12. The van der Waals surface area contributed by atoms with Gasteiger partial charge in [-0.2, -0.15) is 0 Å². The van der Waals surface area contributed by atoms with Crippen LogP contribution in [0.1, 0.15) is 13.8 Å². The average molecular weight is 274 g/mol. The van der Waals surface area contributed by atoms with E-state index >= 15 is 0 Å². The second-order valence-electron chi connectivity index (χ2n) is 4.13. The van der Waals surface area contributed by atoms with Gasteiger partial charge < -0.3 is 14.2 Å². The van der Waals surface area contributed by atoms with Crippen molar-refractivity contribution in [2.75, 3.05) is 7.11 Å². The number of hydrogen-bond donors (Lipinski definition) is 0. The fourth-order valence-electron chi connectivity index (χ4n) is 1.97. The molecule has 0 fully saturated rings. The molecule has 5 nitrogen and oxygen atoms in total. The Kier molecular flexibility index (Phi) is 3.89. The largest absolute Gasteiger partial charge is 0.496 e. The first kappa shape index (κ1) is 13.9. The van der Waals surface area contributed by atoms with E-state index in [0.717, 1.165) is 0 Å². The van der Waals surface area contributed by atoms with Crippen molar-refractivity contribution in [2.24, 2.45) is 0 Å². The molecule has 20 heavy (non-hydrogen) atoms. The number of rotatable bonds is 3. The number of fused-ring (bicyclic) bond motifs is 1. The van der Waals surface area contributed by atoms with Crippen LogP contribution in [0, 0.1) is 0 Å². The summed E-state index contributed by atoms with van der Waals surface area (Å²) in [5.41, 5.74) is 0. The van der Waals surface area contributed by atoms with Gasteiger partial charge in [0.2, 0.25) is 0 Å². The van der Waals surface area contributed by atoms with Crippen molar-refractivity contribution in [1.82, 2.24) is 0 Å². The lowest BCUT2D eigenvalue weighted by Gasteiger charge is -2.13. The Labute approximate surface area is 116 Å². The smallest absolute Gasteiger partial charge is 0.308 e. The van der Waals surface area contributed by atoms with E-state index in [-0.39, 0.29) is 0 Å². The van der Waals surface area contributed by atoms with E-state index in [9.17, 15) is 9.59 Å². The van der Waals surface area contributed by atoms with E-state index in [1.807, 2.05) is 0 Å². The van der Waals surface area contributed by atoms with Gasteiger partial charge in [-0.05, 0) is 18.2 Å². The molecule has 0 aliphatic heterocycles. The normalized spacial score (nSPS) is 10.2. The highest BCUT2D eigenvalue weighted by Crippen LogP contribution is 2.39. The van der Waals surface area contributed by atoms with Crippen molar-refractivity contribution in [3.05, 3.63) is 30.3 Å². The Morgan fingerprint density at radius 2 is 1.40 bits per heavy atom. The summed E-state index contributed by atoms with van der Waals surface area (Å²) in [4.78, 5) is 22.4. The van der Waals surface area contributed by atoms with Crippen LogP contribution in [0.25, 0.3) is 10.8 Å². The van der Waals surface area contributed by atoms with E-state index in [0.29, 0.717) is 28.0 Å². The molecule has 0 N–H and O–H groups in total. The molecule has 104 valence electrons. The monoisotopic (exact) mass is 274 g/mol. The number of benzene rings is 2. The van der Waals surface area contributed by atoms with Crippen LogP contribution in [0.4, 0.5) is 0 Å². The molecular weight excluding hydrogens is 260 g/mol. The second-order valence-corrected chi connectivity index (χ2v) is 4.13. The van der Waals surface area contributed by atoms with Crippen LogP contribution in [0.15, 0.2) is 30.3 Å². The van der Waals surface area contributed by atoms with E-state index in [1.54, 1.807) is 37.4 Å². The standard InChI is InChI=1S/C15H14O5/c1-9(16)19-13-6-4-5-11-12(18-3)7-8-14(15(11)13)20-10(2)17/h4-8H,1-3H3. The highest BCUT2D eigenvalue weighted by atomic mass is 16.5. The van der Waals surface area contributed by atoms with Crippen molar-refractivity contribution < 1.29 is 23.8 Å². The minimum atomic E-state index is -0.450. The summed E-state index contributed by atoms with van der Waals surface area (Å²) in [6, 6.07) is 8.47. The van der Waals surface area contributed by atoms with Crippen LogP contribution >= 0.6 is 0 Å². The maximum atomic E-state index is 11.2. The Morgan fingerprint density at radius 1 is 0.850 bits per heavy atom. The summed E-state index contributed by atoms with van der Waals surface area (Å²) in [6.07, 6.45) is 0. The van der Waals surface area contributed by atoms with Crippen LogP contribution in [0.3, 0.4) is 0 Å². The average Bonchev–Trinajstić information content (AvgIpc) is 2.37. The number of esters is 2. The van der Waals surface area contributed by atoms with Gasteiger partial charge in [-0.3, -0.25) is 9.59 Å². The third-order valence-electron chi connectivity index (χ3n) is 2.65. The van der Waals surface area contributed by atoms with Crippen LogP contribution in [-0.4, -0.2) is 19.0 Å². The predicted octanol–water partition coefficient (Wildman–Crippen LogP) is 2.70. The third-order valence-corrected chi connectivity index (χ3v) is 2.65. The quantitative estimate of drug-likeness (QED) is 0.636. The Morgan fingerprint density at radius 3 is 1.95 bits per heavy atom. The van der Waals surface area contributed by atoms with Crippen LogP contribution in [-0.2, 0) is 9.59 Å². The molecule has 0 unspecified atom stereocenters. The first-order valence-corrected chi connectivity index (χ1v) is 5.99. The van der Waals surface area contributed by atoms with Gasteiger partial charge in [0.25, 0.3) is 0 Å². The van der Waals surface area contributed by atoms with Gasteiger partial charge in [-0.25, -0.2) is 0 Å². The zero-order chi connectivity index (χ0) is 14.7. The molecular formula is C15H14O5.